The van der Waals surface area contributed by atoms with Crippen LogP contribution in [0.15, 0.2) is 23.2 Å². The first-order chi connectivity index (χ1) is 8.41. The number of hydrogen-bond donors (Lipinski definition) is 0. The normalized spacial score (nSPS) is 26.2. The first-order valence-corrected chi connectivity index (χ1v) is 7.48. The van der Waals surface area contributed by atoms with E-state index in [9.17, 15) is 8.42 Å². The predicted octanol–water partition coefficient (Wildman–Crippen LogP) is 1.53. The summed E-state index contributed by atoms with van der Waals surface area (Å²) in [6, 6.07) is 2.77. The molecule has 0 spiro atoms. The van der Waals surface area contributed by atoms with Crippen LogP contribution in [0.3, 0.4) is 0 Å². The molecule has 100 valence electrons. The monoisotopic (exact) mass is 290 g/mol. The highest BCUT2D eigenvalue weighted by molar-refractivity contribution is 7.89. The summed E-state index contributed by atoms with van der Waals surface area (Å²) in [6.07, 6.45) is 1.18. The van der Waals surface area contributed by atoms with Crippen molar-refractivity contribution in [3.63, 3.8) is 0 Å². The second-order valence-corrected chi connectivity index (χ2v) is 6.66. The second kappa shape index (κ2) is 5.13. The van der Waals surface area contributed by atoms with E-state index in [4.69, 9.17) is 16.3 Å². The summed E-state index contributed by atoms with van der Waals surface area (Å²) in [6.45, 7) is 4.44. The van der Waals surface area contributed by atoms with Gasteiger partial charge in [-0.1, -0.05) is 11.6 Å². The maximum atomic E-state index is 12.4. The third-order valence-corrected chi connectivity index (χ3v) is 5.04. The van der Waals surface area contributed by atoms with Gasteiger partial charge < -0.3 is 4.74 Å². The zero-order valence-corrected chi connectivity index (χ0v) is 11.8. The Morgan fingerprint density at radius 2 is 2.17 bits per heavy atom. The topological polar surface area (TPSA) is 59.5 Å². The molecule has 1 aromatic rings. The average molecular weight is 291 g/mol. The van der Waals surface area contributed by atoms with E-state index in [-0.39, 0.29) is 22.2 Å². The van der Waals surface area contributed by atoms with Gasteiger partial charge in [0.05, 0.1) is 12.7 Å². The lowest BCUT2D eigenvalue weighted by molar-refractivity contribution is -0.0170. The van der Waals surface area contributed by atoms with E-state index < -0.39 is 10.0 Å². The zero-order chi connectivity index (χ0) is 13.3. The van der Waals surface area contributed by atoms with Crippen molar-refractivity contribution < 1.29 is 13.2 Å². The molecule has 5 nitrogen and oxygen atoms in total. The van der Waals surface area contributed by atoms with E-state index in [0.717, 1.165) is 0 Å². The Balaban J connectivity index is 2.32. The number of nitrogens with zero attached hydrogens (tertiary/aromatic N) is 2. The minimum absolute atomic E-state index is 0.101. The van der Waals surface area contributed by atoms with Gasteiger partial charge in [0.25, 0.3) is 0 Å². The van der Waals surface area contributed by atoms with E-state index >= 15 is 0 Å². The van der Waals surface area contributed by atoms with Crippen molar-refractivity contribution >= 4 is 21.6 Å². The highest BCUT2D eigenvalue weighted by Crippen LogP contribution is 2.22. The Morgan fingerprint density at radius 3 is 2.78 bits per heavy atom. The molecular weight excluding hydrogens is 276 g/mol. The van der Waals surface area contributed by atoms with Crippen molar-refractivity contribution in [1.29, 1.82) is 0 Å². The Hall–Kier alpha value is -0.690. The van der Waals surface area contributed by atoms with Gasteiger partial charge in [-0.2, -0.15) is 4.31 Å². The summed E-state index contributed by atoms with van der Waals surface area (Å²) in [7, 11) is -3.53. The van der Waals surface area contributed by atoms with Crippen LogP contribution in [0.4, 0.5) is 0 Å². The first kappa shape index (κ1) is 13.7. The number of pyridine rings is 1. The summed E-state index contributed by atoms with van der Waals surface area (Å²) < 4.78 is 31.8. The fourth-order valence-electron chi connectivity index (χ4n) is 1.86. The van der Waals surface area contributed by atoms with Crippen LogP contribution in [0.2, 0.25) is 5.15 Å². The molecule has 1 saturated heterocycles. The van der Waals surface area contributed by atoms with Crippen LogP contribution >= 0.6 is 11.6 Å². The summed E-state index contributed by atoms with van der Waals surface area (Å²) in [5.41, 5.74) is 0. The van der Waals surface area contributed by atoms with Gasteiger partial charge >= 0.3 is 0 Å². The lowest BCUT2D eigenvalue weighted by atomic mass is 10.2. The SMILES string of the molecule is C[C@@H]1CN(S(=O)(=O)c2ccc(Cl)nc2)[C@H](C)CO1. The van der Waals surface area contributed by atoms with Gasteiger partial charge in [-0.3, -0.25) is 0 Å². The molecular formula is C11H15ClN2O3S. The molecule has 0 saturated carbocycles. The minimum atomic E-state index is -3.53. The van der Waals surface area contributed by atoms with E-state index in [1.807, 2.05) is 13.8 Å². The van der Waals surface area contributed by atoms with Gasteiger partial charge in [0.1, 0.15) is 10.0 Å². The van der Waals surface area contributed by atoms with Crippen LogP contribution in [0.1, 0.15) is 13.8 Å². The quantitative estimate of drug-likeness (QED) is 0.775. The molecule has 1 aromatic heterocycles. The summed E-state index contributed by atoms with van der Waals surface area (Å²) in [5, 5.41) is 0.275. The predicted molar refractivity (Wildman–Crippen MR) is 68.0 cm³/mol. The molecule has 2 atom stereocenters. The van der Waals surface area contributed by atoms with Crippen molar-refractivity contribution in [2.45, 2.75) is 30.9 Å². The number of aromatic nitrogens is 1. The molecule has 1 aliphatic heterocycles. The number of rotatable bonds is 2. The number of morpholine rings is 1. The highest BCUT2D eigenvalue weighted by Gasteiger charge is 2.34. The lowest BCUT2D eigenvalue weighted by Gasteiger charge is -2.35. The molecule has 0 aromatic carbocycles. The molecule has 2 rings (SSSR count). The van der Waals surface area contributed by atoms with Crippen LogP contribution in [0.5, 0.6) is 0 Å². The van der Waals surface area contributed by atoms with Gasteiger partial charge in [0, 0.05) is 18.8 Å². The van der Waals surface area contributed by atoms with Gasteiger partial charge in [0.2, 0.25) is 10.0 Å². The van der Waals surface area contributed by atoms with Gasteiger partial charge in [-0.05, 0) is 26.0 Å². The van der Waals surface area contributed by atoms with Gasteiger partial charge in [-0.25, -0.2) is 13.4 Å². The first-order valence-electron chi connectivity index (χ1n) is 5.66. The maximum absolute atomic E-state index is 12.4. The molecule has 18 heavy (non-hydrogen) atoms. The van der Waals surface area contributed by atoms with Crippen molar-refractivity contribution in [1.82, 2.24) is 9.29 Å². The van der Waals surface area contributed by atoms with Crippen LogP contribution in [-0.2, 0) is 14.8 Å². The third-order valence-electron chi connectivity index (χ3n) is 2.86. The highest BCUT2D eigenvalue weighted by atomic mass is 35.5. The Bertz CT molecular complexity index is 518. The maximum Gasteiger partial charge on any atom is 0.245 e. The minimum Gasteiger partial charge on any atom is -0.375 e. The van der Waals surface area contributed by atoms with E-state index in [1.165, 1.54) is 22.6 Å². The molecule has 7 heteroatoms. The van der Waals surface area contributed by atoms with Gasteiger partial charge in [-0.15, -0.1) is 0 Å². The Morgan fingerprint density at radius 1 is 1.44 bits per heavy atom. The zero-order valence-electron chi connectivity index (χ0n) is 10.2. The molecule has 2 heterocycles. The van der Waals surface area contributed by atoms with Crippen molar-refractivity contribution in [2.24, 2.45) is 0 Å². The largest absolute Gasteiger partial charge is 0.375 e. The number of hydrogen-bond acceptors (Lipinski definition) is 4. The molecule has 1 fully saturated rings. The molecule has 0 aliphatic carbocycles. The summed E-state index contributed by atoms with van der Waals surface area (Å²) in [4.78, 5) is 3.97. The fraction of sp³-hybridized carbons (Fsp3) is 0.545. The average Bonchev–Trinajstić information content (AvgIpc) is 2.32. The lowest BCUT2D eigenvalue weighted by Crippen LogP contribution is -2.50. The molecule has 1 aliphatic rings. The van der Waals surface area contributed by atoms with Crippen molar-refractivity contribution in [3.8, 4) is 0 Å². The van der Waals surface area contributed by atoms with Crippen molar-refractivity contribution in [2.75, 3.05) is 13.2 Å². The molecule has 0 radical (unpaired) electrons. The number of ether oxygens (including phenoxy) is 1. The van der Waals surface area contributed by atoms with E-state index in [1.54, 1.807) is 0 Å². The fourth-order valence-corrected chi connectivity index (χ4v) is 3.61. The number of halogens is 1. The Kier molecular flexibility index (Phi) is 3.91. The van der Waals surface area contributed by atoms with Gasteiger partial charge in [0.15, 0.2) is 0 Å². The van der Waals surface area contributed by atoms with Crippen molar-refractivity contribution in [3.05, 3.63) is 23.5 Å². The summed E-state index contributed by atoms with van der Waals surface area (Å²) >= 11 is 5.66. The summed E-state index contributed by atoms with van der Waals surface area (Å²) in [5.74, 6) is 0. The third kappa shape index (κ3) is 2.66. The molecule has 0 amide bonds. The van der Waals surface area contributed by atoms with E-state index in [2.05, 4.69) is 4.98 Å². The molecule has 0 N–H and O–H groups in total. The van der Waals surface area contributed by atoms with Crippen LogP contribution in [0.25, 0.3) is 0 Å². The molecule has 0 unspecified atom stereocenters. The standard InChI is InChI=1S/C11H15ClN2O3S/c1-8-7-17-9(2)6-14(8)18(15,16)10-3-4-11(12)13-5-10/h3-5,8-9H,6-7H2,1-2H3/t8-,9-/m1/s1. The molecule has 0 bridgehead atoms. The van der Waals surface area contributed by atoms with Crippen LogP contribution < -0.4 is 0 Å². The number of sulfonamides is 1. The second-order valence-electron chi connectivity index (χ2n) is 4.38. The van der Waals surface area contributed by atoms with Crippen LogP contribution in [0, 0.1) is 0 Å². The van der Waals surface area contributed by atoms with Crippen LogP contribution in [-0.4, -0.2) is 43.0 Å². The van der Waals surface area contributed by atoms with E-state index in [0.29, 0.717) is 13.2 Å². The Labute approximate surface area is 112 Å². The smallest absolute Gasteiger partial charge is 0.245 e.